The molecule has 0 radical (unpaired) electrons. The lowest BCUT2D eigenvalue weighted by Gasteiger charge is -2.39. The van der Waals surface area contributed by atoms with Crippen LogP contribution in [0.1, 0.15) is 39.5 Å². The van der Waals surface area contributed by atoms with Crippen molar-refractivity contribution in [2.24, 2.45) is 0 Å². The second-order valence-electron chi connectivity index (χ2n) is 6.42. The molecular formula is C17H29N3O2S. The summed E-state index contributed by atoms with van der Waals surface area (Å²) in [6.07, 6.45) is 4.61. The third-order valence-electron chi connectivity index (χ3n) is 4.73. The molecule has 23 heavy (non-hydrogen) atoms. The van der Waals surface area contributed by atoms with Gasteiger partial charge in [-0.05, 0) is 51.8 Å². The van der Waals surface area contributed by atoms with Crippen molar-refractivity contribution in [1.29, 1.82) is 0 Å². The number of nitrogens with zero attached hydrogens (tertiary/aromatic N) is 2. The number of hydrogen-bond acceptors (Lipinski definition) is 3. The van der Waals surface area contributed by atoms with Crippen LogP contribution in [0.3, 0.4) is 0 Å². The minimum Gasteiger partial charge on any atom is -0.298 e. The molecule has 6 heteroatoms. The fraction of sp³-hybridized carbons (Fsp3) is 0.647. The number of hydrogen-bond donors (Lipinski definition) is 1. The highest BCUT2D eigenvalue weighted by molar-refractivity contribution is 7.90. The fourth-order valence-electron chi connectivity index (χ4n) is 3.25. The first-order valence-electron chi connectivity index (χ1n) is 8.46. The van der Waals surface area contributed by atoms with E-state index in [4.69, 9.17) is 0 Å². The lowest BCUT2D eigenvalue weighted by molar-refractivity contribution is 0.103. The minimum absolute atomic E-state index is 0.468. The second-order valence-corrected chi connectivity index (χ2v) is 8.21. The molecule has 1 N–H and O–H groups in total. The van der Waals surface area contributed by atoms with Crippen LogP contribution in [0.5, 0.6) is 0 Å². The molecule has 130 valence electrons. The van der Waals surface area contributed by atoms with E-state index in [0.717, 1.165) is 13.0 Å². The molecule has 0 bridgehead atoms. The second kappa shape index (κ2) is 8.13. The van der Waals surface area contributed by atoms with E-state index >= 15 is 0 Å². The van der Waals surface area contributed by atoms with Crippen molar-refractivity contribution in [1.82, 2.24) is 9.62 Å². The van der Waals surface area contributed by atoms with Gasteiger partial charge in [0.05, 0.1) is 5.69 Å². The van der Waals surface area contributed by atoms with Gasteiger partial charge in [-0.2, -0.15) is 13.1 Å². The molecule has 1 aliphatic rings. The van der Waals surface area contributed by atoms with Gasteiger partial charge in [-0.1, -0.05) is 24.6 Å². The summed E-state index contributed by atoms with van der Waals surface area (Å²) in [5.74, 6) is 0. The molecule has 1 saturated heterocycles. The normalized spacial score (nSPS) is 22.9. The number of benzene rings is 1. The van der Waals surface area contributed by atoms with Crippen LogP contribution in [0.25, 0.3) is 0 Å². The zero-order valence-corrected chi connectivity index (χ0v) is 15.2. The Labute approximate surface area is 140 Å². The number of piperidine rings is 1. The summed E-state index contributed by atoms with van der Waals surface area (Å²) in [7, 11) is -1.90. The highest BCUT2D eigenvalue weighted by Crippen LogP contribution is 2.22. The molecule has 0 aromatic heterocycles. The Kier molecular flexibility index (Phi) is 6.44. The largest absolute Gasteiger partial charge is 0.301 e. The molecule has 0 unspecified atom stereocenters. The summed E-state index contributed by atoms with van der Waals surface area (Å²) in [6.45, 7) is 5.95. The number of para-hydroxylation sites is 1. The van der Waals surface area contributed by atoms with Gasteiger partial charge in [0.2, 0.25) is 0 Å². The van der Waals surface area contributed by atoms with Crippen molar-refractivity contribution in [3.05, 3.63) is 30.3 Å². The minimum atomic E-state index is -3.48. The summed E-state index contributed by atoms with van der Waals surface area (Å²) < 4.78 is 28.6. The Morgan fingerprint density at radius 1 is 1.17 bits per heavy atom. The molecule has 2 atom stereocenters. The molecular weight excluding hydrogens is 310 g/mol. The maximum Gasteiger partial charge on any atom is 0.301 e. The van der Waals surface area contributed by atoms with E-state index in [2.05, 4.69) is 23.5 Å². The maximum atomic E-state index is 12.3. The van der Waals surface area contributed by atoms with Crippen LogP contribution in [-0.2, 0) is 10.2 Å². The predicted molar refractivity (Wildman–Crippen MR) is 95.9 cm³/mol. The van der Waals surface area contributed by atoms with Crippen molar-refractivity contribution >= 4 is 15.9 Å². The van der Waals surface area contributed by atoms with Gasteiger partial charge >= 0.3 is 10.2 Å². The molecule has 1 heterocycles. The van der Waals surface area contributed by atoms with Crippen LogP contribution in [0.2, 0.25) is 0 Å². The highest BCUT2D eigenvalue weighted by atomic mass is 32.2. The van der Waals surface area contributed by atoms with Gasteiger partial charge in [0, 0.05) is 25.7 Å². The van der Waals surface area contributed by atoms with E-state index in [1.54, 1.807) is 19.2 Å². The fourth-order valence-corrected chi connectivity index (χ4v) is 4.25. The van der Waals surface area contributed by atoms with E-state index in [-0.39, 0.29) is 0 Å². The van der Waals surface area contributed by atoms with Gasteiger partial charge in [0.15, 0.2) is 0 Å². The molecule has 0 spiro atoms. The van der Waals surface area contributed by atoms with Gasteiger partial charge in [0.25, 0.3) is 0 Å². The highest BCUT2D eigenvalue weighted by Gasteiger charge is 2.24. The Morgan fingerprint density at radius 3 is 2.39 bits per heavy atom. The first-order valence-corrected chi connectivity index (χ1v) is 9.90. The Morgan fingerprint density at radius 2 is 1.78 bits per heavy atom. The molecule has 0 saturated carbocycles. The van der Waals surface area contributed by atoms with Crippen molar-refractivity contribution in [3.63, 3.8) is 0 Å². The summed E-state index contributed by atoms with van der Waals surface area (Å²) in [6, 6.07) is 10.3. The summed E-state index contributed by atoms with van der Waals surface area (Å²) in [4.78, 5) is 2.50. The van der Waals surface area contributed by atoms with Crippen molar-refractivity contribution in [2.45, 2.75) is 51.6 Å². The van der Waals surface area contributed by atoms with Gasteiger partial charge in [-0.15, -0.1) is 0 Å². The maximum absolute atomic E-state index is 12.3. The smallest absolute Gasteiger partial charge is 0.298 e. The molecule has 2 rings (SSSR count). The average Bonchev–Trinajstić information content (AvgIpc) is 2.53. The number of nitrogens with one attached hydrogen (secondary N) is 1. The molecule has 1 fully saturated rings. The van der Waals surface area contributed by atoms with Crippen LogP contribution in [0, 0.1) is 0 Å². The molecule has 1 aromatic rings. The molecule has 1 aliphatic heterocycles. The lowest BCUT2D eigenvalue weighted by atomic mass is 9.97. The van der Waals surface area contributed by atoms with Crippen molar-refractivity contribution < 1.29 is 8.42 Å². The van der Waals surface area contributed by atoms with E-state index in [0.29, 0.717) is 24.3 Å². The third kappa shape index (κ3) is 4.93. The first-order chi connectivity index (χ1) is 10.9. The third-order valence-corrected chi connectivity index (χ3v) is 6.23. The van der Waals surface area contributed by atoms with Gasteiger partial charge in [-0.3, -0.25) is 9.21 Å². The Bertz CT molecular complexity index is 567. The van der Waals surface area contributed by atoms with E-state index in [1.807, 2.05) is 18.2 Å². The van der Waals surface area contributed by atoms with Gasteiger partial charge in [0.1, 0.15) is 0 Å². The lowest BCUT2D eigenvalue weighted by Crippen LogP contribution is -2.45. The Balaban J connectivity index is 1.81. The number of anilines is 1. The first kappa shape index (κ1) is 18.2. The van der Waals surface area contributed by atoms with Crippen LogP contribution < -0.4 is 9.03 Å². The van der Waals surface area contributed by atoms with E-state index in [9.17, 15) is 8.42 Å². The molecule has 5 nitrogen and oxygen atoms in total. The van der Waals surface area contributed by atoms with Gasteiger partial charge < -0.3 is 0 Å². The quantitative estimate of drug-likeness (QED) is 0.777. The summed E-state index contributed by atoms with van der Waals surface area (Å²) in [5, 5.41) is 0. The topological polar surface area (TPSA) is 52.7 Å². The number of rotatable bonds is 7. The zero-order valence-electron chi connectivity index (χ0n) is 14.4. The standard InChI is InChI=1S/C17H29N3O2S/c1-15-9-7-10-16(2)20(15)14-8-13-18-23(21,22)19(3)17-11-5-4-6-12-17/h4-6,11-12,15-16,18H,7-10,13-14H2,1-3H3/t15-,16+. The van der Waals surface area contributed by atoms with Crippen LogP contribution in [-0.4, -0.2) is 45.5 Å². The summed E-state index contributed by atoms with van der Waals surface area (Å²) >= 11 is 0. The molecule has 0 amide bonds. The Hall–Kier alpha value is -1.11. The van der Waals surface area contributed by atoms with Crippen LogP contribution in [0.4, 0.5) is 5.69 Å². The van der Waals surface area contributed by atoms with Crippen molar-refractivity contribution in [2.75, 3.05) is 24.4 Å². The van der Waals surface area contributed by atoms with Crippen LogP contribution in [0.15, 0.2) is 30.3 Å². The predicted octanol–water partition coefficient (Wildman–Crippen LogP) is 2.61. The van der Waals surface area contributed by atoms with E-state index < -0.39 is 10.2 Å². The molecule has 0 aliphatic carbocycles. The number of likely N-dealkylation sites (tertiary alicyclic amines) is 1. The zero-order chi connectivity index (χ0) is 16.9. The van der Waals surface area contributed by atoms with E-state index in [1.165, 1.54) is 23.6 Å². The summed E-state index contributed by atoms with van der Waals surface area (Å²) in [5.41, 5.74) is 0.665. The van der Waals surface area contributed by atoms with Gasteiger partial charge in [-0.25, -0.2) is 0 Å². The monoisotopic (exact) mass is 339 g/mol. The van der Waals surface area contributed by atoms with Crippen LogP contribution >= 0.6 is 0 Å². The molecule has 1 aromatic carbocycles. The SMILES string of the molecule is C[C@@H]1CCC[C@H](C)N1CCCNS(=O)(=O)N(C)c1ccccc1. The average molecular weight is 340 g/mol. The van der Waals surface area contributed by atoms with Crippen molar-refractivity contribution in [3.8, 4) is 0 Å².